The van der Waals surface area contributed by atoms with Crippen LogP contribution in [0.2, 0.25) is 5.02 Å². The lowest BCUT2D eigenvalue weighted by atomic mass is 10.0. The summed E-state index contributed by atoms with van der Waals surface area (Å²) in [5.74, 6) is 0.745. The van der Waals surface area contributed by atoms with E-state index in [-0.39, 0.29) is 0 Å². The number of benzene rings is 1. The van der Waals surface area contributed by atoms with Gasteiger partial charge in [0.25, 0.3) is 0 Å². The summed E-state index contributed by atoms with van der Waals surface area (Å²) in [7, 11) is 1.88. The molecule has 3 nitrogen and oxygen atoms in total. The molecular formula is C17H21ClN2O. The van der Waals surface area contributed by atoms with Crippen molar-refractivity contribution >= 4 is 11.6 Å². The molecule has 1 aromatic heterocycles. The Morgan fingerprint density at radius 1 is 1.33 bits per heavy atom. The van der Waals surface area contributed by atoms with Crippen molar-refractivity contribution in [3.8, 4) is 0 Å². The Balaban J connectivity index is 1.76. The minimum atomic E-state index is -0.546. The number of aryl methyl sites for hydroxylation is 2. The Hall–Kier alpha value is -1.32. The van der Waals surface area contributed by atoms with E-state index in [2.05, 4.69) is 17.2 Å². The van der Waals surface area contributed by atoms with Crippen LogP contribution in [0.1, 0.15) is 54.3 Å². The predicted molar refractivity (Wildman–Crippen MR) is 84.7 cm³/mol. The van der Waals surface area contributed by atoms with Crippen molar-refractivity contribution < 1.29 is 5.11 Å². The highest BCUT2D eigenvalue weighted by Crippen LogP contribution is 2.40. The summed E-state index contributed by atoms with van der Waals surface area (Å²) in [4.78, 5) is 0. The van der Waals surface area contributed by atoms with Crippen LogP contribution >= 0.6 is 11.6 Å². The highest BCUT2D eigenvalue weighted by molar-refractivity contribution is 6.31. The number of aromatic nitrogens is 2. The normalized spacial score (nSPS) is 16.2. The first-order valence-electron chi connectivity index (χ1n) is 7.58. The van der Waals surface area contributed by atoms with Gasteiger partial charge in [-0.1, -0.05) is 42.8 Å². The van der Waals surface area contributed by atoms with E-state index in [0.29, 0.717) is 11.4 Å². The topological polar surface area (TPSA) is 38.0 Å². The second-order valence-corrected chi connectivity index (χ2v) is 6.22. The summed E-state index contributed by atoms with van der Waals surface area (Å²) in [6.07, 6.45) is 3.35. The molecule has 1 saturated carbocycles. The van der Waals surface area contributed by atoms with Gasteiger partial charge in [0.05, 0.1) is 22.5 Å². The van der Waals surface area contributed by atoms with Crippen molar-refractivity contribution in [2.45, 2.75) is 44.6 Å². The molecule has 1 unspecified atom stereocenters. The van der Waals surface area contributed by atoms with Crippen LogP contribution < -0.4 is 0 Å². The highest BCUT2D eigenvalue weighted by atomic mass is 35.5. The number of hydrogen-bond acceptors (Lipinski definition) is 2. The minimum absolute atomic E-state index is 0.491. The fourth-order valence-corrected chi connectivity index (χ4v) is 3.12. The molecule has 0 spiro atoms. The van der Waals surface area contributed by atoms with Crippen molar-refractivity contribution in [1.82, 2.24) is 9.78 Å². The van der Waals surface area contributed by atoms with Crippen molar-refractivity contribution in [2.24, 2.45) is 7.05 Å². The first-order valence-corrected chi connectivity index (χ1v) is 7.96. The first-order chi connectivity index (χ1) is 10.1. The number of hydrogen-bond donors (Lipinski definition) is 1. The maximum absolute atomic E-state index is 10.5. The molecule has 1 N–H and O–H groups in total. The Bertz CT molecular complexity index is 629. The molecule has 2 aromatic rings. The van der Waals surface area contributed by atoms with Gasteiger partial charge in [0, 0.05) is 13.5 Å². The molecule has 0 aliphatic heterocycles. The third-order valence-corrected chi connectivity index (χ3v) is 4.70. The maximum atomic E-state index is 10.5. The number of rotatable bonds is 5. The molecule has 1 atom stereocenters. The fourth-order valence-electron chi connectivity index (χ4n) is 2.75. The van der Waals surface area contributed by atoms with Crippen LogP contribution in [0.4, 0.5) is 0 Å². The van der Waals surface area contributed by atoms with Crippen molar-refractivity contribution in [1.29, 1.82) is 0 Å². The van der Waals surface area contributed by atoms with E-state index in [4.69, 9.17) is 11.6 Å². The van der Waals surface area contributed by atoms with Crippen LogP contribution in [0.25, 0.3) is 0 Å². The van der Waals surface area contributed by atoms with E-state index in [1.54, 1.807) is 4.68 Å². The van der Waals surface area contributed by atoms with Gasteiger partial charge in [-0.15, -0.1) is 0 Å². The standard InChI is InChI=1S/C17H21ClN2O/c1-3-14-17(18)15(20(2)19-14)10-16(21)13-8-6-12(7-9-13)11-4-5-11/h6-9,11,16,21H,3-5,10H2,1-2H3. The summed E-state index contributed by atoms with van der Waals surface area (Å²) in [6.45, 7) is 2.03. The Morgan fingerprint density at radius 2 is 2.00 bits per heavy atom. The number of halogens is 1. The zero-order valence-corrected chi connectivity index (χ0v) is 13.3. The van der Waals surface area contributed by atoms with Gasteiger partial charge in [0.2, 0.25) is 0 Å². The average Bonchev–Trinajstić information content (AvgIpc) is 3.30. The summed E-state index contributed by atoms with van der Waals surface area (Å²) in [6, 6.07) is 8.34. The number of nitrogens with zero attached hydrogens (tertiary/aromatic N) is 2. The van der Waals surface area contributed by atoms with Crippen LogP contribution in [0, 0.1) is 0 Å². The molecule has 1 heterocycles. The molecule has 0 radical (unpaired) electrons. The van der Waals surface area contributed by atoms with E-state index >= 15 is 0 Å². The number of aliphatic hydroxyl groups excluding tert-OH is 1. The van der Waals surface area contributed by atoms with Gasteiger partial charge in [0.15, 0.2) is 0 Å². The Labute approximate surface area is 130 Å². The molecule has 112 valence electrons. The molecule has 21 heavy (non-hydrogen) atoms. The third-order valence-electron chi connectivity index (χ3n) is 4.26. The van der Waals surface area contributed by atoms with Gasteiger partial charge in [-0.3, -0.25) is 4.68 Å². The molecule has 1 aliphatic rings. The molecule has 0 saturated heterocycles. The van der Waals surface area contributed by atoms with Crippen LogP contribution in [0.15, 0.2) is 24.3 Å². The van der Waals surface area contributed by atoms with Gasteiger partial charge < -0.3 is 5.11 Å². The van der Waals surface area contributed by atoms with Gasteiger partial charge in [-0.2, -0.15) is 5.10 Å². The van der Waals surface area contributed by atoms with Gasteiger partial charge in [-0.05, 0) is 36.3 Å². The molecule has 3 rings (SSSR count). The lowest BCUT2D eigenvalue weighted by Gasteiger charge is -2.12. The summed E-state index contributed by atoms with van der Waals surface area (Å²) >= 11 is 6.34. The second-order valence-electron chi connectivity index (χ2n) is 5.85. The quantitative estimate of drug-likeness (QED) is 0.912. The van der Waals surface area contributed by atoms with Crippen LogP contribution in [0.3, 0.4) is 0 Å². The van der Waals surface area contributed by atoms with E-state index in [1.165, 1.54) is 18.4 Å². The highest BCUT2D eigenvalue weighted by Gasteiger charge is 2.23. The smallest absolute Gasteiger partial charge is 0.0850 e. The van der Waals surface area contributed by atoms with Crippen molar-refractivity contribution in [3.05, 3.63) is 51.8 Å². The second kappa shape index (κ2) is 5.82. The van der Waals surface area contributed by atoms with E-state index < -0.39 is 6.10 Å². The van der Waals surface area contributed by atoms with E-state index in [9.17, 15) is 5.11 Å². The molecule has 1 fully saturated rings. The summed E-state index contributed by atoms with van der Waals surface area (Å²) < 4.78 is 1.78. The SMILES string of the molecule is CCc1nn(C)c(CC(O)c2ccc(C3CC3)cc2)c1Cl. The van der Waals surface area contributed by atoms with Crippen LogP contribution in [-0.2, 0) is 19.9 Å². The number of aliphatic hydroxyl groups is 1. The van der Waals surface area contributed by atoms with E-state index in [1.807, 2.05) is 26.1 Å². The Kier molecular flexibility index (Phi) is 4.05. The monoisotopic (exact) mass is 304 g/mol. The average molecular weight is 305 g/mol. The van der Waals surface area contributed by atoms with Crippen LogP contribution in [-0.4, -0.2) is 14.9 Å². The first kappa shape index (κ1) is 14.6. The maximum Gasteiger partial charge on any atom is 0.0850 e. The lowest BCUT2D eigenvalue weighted by molar-refractivity contribution is 0.176. The van der Waals surface area contributed by atoms with Gasteiger partial charge in [-0.25, -0.2) is 0 Å². The minimum Gasteiger partial charge on any atom is -0.388 e. The zero-order chi connectivity index (χ0) is 15.0. The molecule has 1 aliphatic carbocycles. The fraction of sp³-hybridized carbons (Fsp3) is 0.471. The van der Waals surface area contributed by atoms with E-state index in [0.717, 1.165) is 29.3 Å². The molecule has 0 amide bonds. The molecule has 4 heteroatoms. The molecular weight excluding hydrogens is 284 g/mol. The van der Waals surface area contributed by atoms with Crippen LogP contribution in [0.5, 0.6) is 0 Å². The van der Waals surface area contributed by atoms with Gasteiger partial charge >= 0.3 is 0 Å². The van der Waals surface area contributed by atoms with Crippen molar-refractivity contribution in [2.75, 3.05) is 0 Å². The third kappa shape index (κ3) is 2.99. The molecule has 1 aromatic carbocycles. The largest absolute Gasteiger partial charge is 0.388 e. The predicted octanol–water partition coefficient (Wildman–Crippen LogP) is 3.79. The van der Waals surface area contributed by atoms with Gasteiger partial charge in [0.1, 0.15) is 0 Å². The molecule has 0 bridgehead atoms. The lowest BCUT2D eigenvalue weighted by Crippen LogP contribution is -2.07. The Morgan fingerprint density at radius 3 is 2.52 bits per heavy atom. The zero-order valence-electron chi connectivity index (χ0n) is 12.5. The summed E-state index contributed by atoms with van der Waals surface area (Å²) in [5.41, 5.74) is 4.12. The van der Waals surface area contributed by atoms with Crippen molar-refractivity contribution in [3.63, 3.8) is 0 Å². The summed E-state index contributed by atoms with van der Waals surface area (Å²) in [5, 5.41) is 15.5.